The maximum absolute atomic E-state index is 13.3. The summed E-state index contributed by atoms with van der Waals surface area (Å²) in [6.07, 6.45) is 10.6. The molecule has 0 fully saturated rings. The van der Waals surface area contributed by atoms with Gasteiger partial charge in [0.25, 0.3) is 0 Å². The van der Waals surface area contributed by atoms with E-state index in [0.717, 1.165) is 22.4 Å². The first kappa shape index (κ1) is 22.3. The molecule has 3 aromatic heterocycles. The van der Waals surface area contributed by atoms with Crippen molar-refractivity contribution in [2.75, 3.05) is 0 Å². The van der Waals surface area contributed by atoms with Crippen LogP contribution in [0, 0.1) is 0 Å². The molecule has 0 saturated heterocycles. The van der Waals surface area contributed by atoms with Gasteiger partial charge in [0.15, 0.2) is 5.69 Å². The van der Waals surface area contributed by atoms with E-state index in [1.165, 1.54) is 27.4 Å². The molecule has 4 aromatic rings. The zero-order chi connectivity index (χ0) is 23.2. The molecular weight excluding hydrogens is 452 g/mol. The van der Waals surface area contributed by atoms with Crippen LogP contribution >= 0.6 is 22.7 Å². The Hall–Kier alpha value is -3.95. The zero-order valence-electron chi connectivity index (χ0n) is 17.8. The summed E-state index contributed by atoms with van der Waals surface area (Å²) in [4.78, 5) is 22.1. The summed E-state index contributed by atoms with van der Waals surface area (Å²) >= 11 is 2.70. The van der Waals surface area contributed by atoms with Crippen molar-refractivity contribution in [1.29, 1.82) is 0 Å². The molecule has 0 radical (unpaired) electrons. The van der Waals surface area contributed by atoms with Gasteiger partial charge < -0.3 is 0 Å². The SMILES string of the molecule is C=C/C=C\C(=C/C)c1[nH]n(-c2nc(-c3ccc(C=C)cc3)cs2)c(=O)c1N=Nc1nccs1. The highest BCUT2D eigenvalue weighted by Gasteiger charge is 2.19. The van der Waals surface area contributed by atoms with Crippen LogP contribution in [0.2, 0.25) is 0 Å². The van der Waals surface area contributed by atoms with Gasteiger partial charge in [-0.1, -0.05) is 67.8 Å². The van der Waals surface area contributed by atoms with Crippen molar-refractivity contribution in [1.82, 2.24) is 19.7 Å². The van der Waals surface area contributed by atoms with Crippen molar-refractivity contribution in [3.8, 4) is 16.4 Å². The average Bonchev–Trinajstić information content (AvgIpc) is 3.59. The van der Waals surface area contributed by atoms with Crippen LogP contribution in [-0.4, -0.2) is 19.7 Å². The molecule has 1 aromatic carbocycles. The van der Waals surface area contributed by atoms with Crippen molar-refractivity contribution in [3.63, 3.8) is 0 Å². The van der Waals surface area contributed by atoms with Crippen LogP contribution in [0.15, 0.2) is 93.7 Å². The fraction of sp³-hybridized carbons (Fsp3) is 0.0417. The predicted octanol–water partition coefficient (Wildman–Crippen LogP) is 6.95. The van der Waals surface area contributed by atoms with Gasteiger partial charge >= 0.3 is 5.56 Å². The summed E-state index contributed by atoms with van der Waals surface area (Å²) in [5, 5.41) is 16.2. The molecule has 0 bridgehead atoms. The Morgan fingerprint density at radius 2 is 2.00 bits per heavy atom. The number of rotatable bonds is 8. The van der Waals surface area contributed by atoms with E-state index in [1.807, 2.05) is 48.7 Å². The minimum atomic E-state index is -0.348. The number of aromatic amines is 1. The minimum absolute atomic E-state index is 0.180. The quantitative estimate of drug-likeness (QED) is 0.222. The van der Waals surface area contributed by atoms with Gasteiger partial charge in [-0.25, -0.2) is 9.97 Å². The lowest BCUT2D eigenvalue weighted by Gasteiger charge is -2.00. The second-order valence-corrected chi connectivity index (χ2v) is 8.38. The van der Waals surface area contributed by atoms with Crippen LogP contribution in [0.1, 0.15) is 18.2 Å². The summed E-state index contributed by atoms with van der Waals surface area (Å²) in [5.74, 6) is 0. The molecule has 4 rings (SSSR count). The Morgan fingerprint density at radius 3 is 2.67 bits per heavy atom. The third kappa shape index (κ3) is 4.79. The van der Waals surface area contributed by atoms with E-state index in [0.29, 0.717) is 16.0 Å². The van der Waals surface area contributed by atoms with Gasteiger partial charge in [0.2, 0.25) is 10.3 Å². The van der Waals surface area contributed by atoms with E-state index in [9.17, 15) is 4.79 Å². The maximum atomic E-state index is 13.3. The largest absolute Gasteiger partial charge is 0.301 e. The smallest absolute Gasteiger partial charge is 0.286 e. The van der Waals surface area contributed by atoms with Crippen LogP contribution in [0.3, 0.4) is 0 Å². The lowest BCUT2D eigenvalue weighted by Crippen LogP contribution is -2.13. The Kier molecular flexibility index (Phi) is 6.82. The summed E-state index contributed by atoms with van der Waals surface area (Å²) in [5.41, 5.74) is 3.90. The van der Waals surface area contributed by atoms with Crippen molar-refractivity contribution >= 4 is 45.1 Å². The number of allylic oxidation sites excluding steroid dienone is 5. The lowest BCUT2D eigenvalue weighted by atomic mass is 10.1. The summed E-state index contributed by atoms with van der Waals surface area (Å²) < 4.78 is 1.39. The van der Waals surface area contributed by atoms with Gasteiger partial charge in [0.1, 0.15) is 0 Å². The zero-order valence-corrected chi connectivity index (χ0v) is 19.4. The number of hydrogen-bond donors (Lipinski definition) is 1. The summed E-state index contributed by atoms with van der Waals surface area (Å²) in [7, 11) is 0. The van der Waals surface area contributed by atoms with Crippen molar-refractivity contribution in [3.05, 3.63) is 100 Å². The molecule has 0 saturated carbocycles. The first-order valence-electron chi connectivity index (χ1n) is 9.95. The van der Waals surface area contributed by atoms with E-state index in [4.69, 9.17) is 0 Å². The number of thiazole rings is 2. The molecule has 0 spiro atoms. The minimum Gasteiger partial charge on any atom is -0.286 e. The number of azo groups is 1. The molecule has 7 nitrogen and oxygen atoms in total. The molecule has 0 atom stereocenters. The number of aromatic nitrogens is 4. The van der Waals surface area contributed by atoms with Crippen LogP contribution in [0.4, 0.5) is 10.8 Å². The molecule has 9 heteroatoms. The molecule has 0 unspecified atom stereocenters. The number of H-pyrrole nitrogens is 1. The van der Waals surface area contributed by atoms with Gasteiger partial charge in [0, 0.05) is 22.5 Å². The Balaban J connectivity index is 1.79. The molecule has 0 amide bonds. The fourth-order valence-corrected chi connectivity index (χ4v) is 4.24. The van der Waals surface area contributed by atoms with Crippen molar-refractivity contribution < 1.29 is 0 Å². The first-order valence-corrected chi connectivity index (χ1v) is 11.7. The maximum Gasteiger partial charge on any atom is 0.301 e. The van der Waals surface area contributed by atoms with E-state index >= 15 is 0 Å². The number of nitrogens with zero attached hydrogens (tertiary/aromatic N) is 5. The Morgan fingerprint density at radius 1 is 1.18 bits per heavy atom. The monoisotopic (exact) mass is 472 g/mol. The Labute approximate surface area is 198 Å². The van der Waals surface area contributed by atoms with Gasteiger partial charge in [-0.15, -0.1) is 32.9 Å². The molecule has 0 aliphatic rings. The number of nitrogens with one attached hydrogen (secondary N) is 1. The number of hydrogen-bond acceptors (Lipinski definition) is 7. The van der Waals surface area contributed by atoms with Crippen LogP contribution in [0.25, 0.3) is 28.0 Å². The molecule has 0 aliphatic carbocycles. The highest BCUT2D eigenvalue weighted by atomic mass is 32.1. The highest BCUT2D eigenvalue weighted by Crippen LogP contribution is 2.29. The van der Waals surface area contributed by atoms with Crippen LogP contribution < -0.4 is 5.56 Å². The van der Waals surface area contributed by atoms with Gasteiger partial charge in [-0.2, -0.15) is 4.68 Å². The van der Waals surface area contributed by atoms with Crippen molar-refractivity contribution in [2.24, 2.45) is 10.2 Å². The number of benzene rings is 1. The van der Waals surface area contributed by atoms with Crippen LogP contribution in [0.5, 0.6) is 0 Å². The second kappa shape index (κ2) is 10.1. The average molecular weight is 473 g/mol. The van der Waals surface area contributed by atoms with Crippen molar-refractivity contribution in [2.45, 2.75) is 6.92 Å². The summed E-state index contributed by atoms with van der Waals surface area (Å²) in [6.45, 7) is 9.37. The fourth-order valence-electron chi connectivity index (χ4n) is 3.00. The van der Waals surface area contributed by atoms with Crippen LogP contribution in [-0.2, 0) is 0 Å². The highest BCUT2D eigenvalue weighted by molar-refractivity contribution is 7.13. The van der Waals surface area contributed by atoms with Gasteiger partial charge in [-0.05, 0) is 18.1 Å². The topological polar surface area (TPSA) is 88.3 Å². The normalized spacial score (nSPS) is 12.1. The predicted molar refractivity (Wildman–Crippen MR) is 137 cm³/mol. The molecule has 33 heavy (non-hydrogen) atoms. The standard InChI is InChI=1S/C24H20N6OS2/c1-4-7-8-17(6-3)20-21(27-28-23-25-13-14-32-23)22(31)30(29-20)24-26-19(15-33-24)18-11-9-16(5-2)10-12-18/h4-15,29H,1-2H2,3H3/b8-7-,17-6+,28-27?. The lowest BCUT2D eigenvalue weighted by molar-refractivity contribution is 0.835. The molecule has 0 aliphatic heterocycles. The molecular formula is C24H20N6OS2. The van der Waals surface area contributed by atoms with Gasteiger partial charge in [0.05, 0.1) is 11.4 Å². The summed E-state index contributed by atoms with van der Waals surface area (Å²) in [6, 6.07) is 7.90. The second-order valence-electron chi connectivity index (χ2n) is 6.67. The van der Waals surface area contributed by atoms with E-state index in [-0.39, 0.29) is 11.2 Å². The molecule has 3 heterocycles. The van der Waals surface area contributed by atoms with E-state index in [2.05, 4.69) is 38.5 Å². The molecule has 164 valence electrons. The van der Waals surface area contributed by atoms with Gasteiger partial charge in [-0.3, -0.25) is 9.89 Å². The third-order valence-corrected chi connectivity index (χ3v) is 6.14. The van der Waals surface area contributed by atoms with E-state index < -0.39 is 0 Å². The first-order chi connectivity index (χ1) is 16.1. The van der Waals surface area contributed by atoms with E-state index in [1.54, 1.807) is 29.8 Å². The third-order valence-electron chi connectivity index (χ3n) is 4.66. The molecule has 1 N–H and O–H groups in total. The Bertz CT molecular complexity index is 1420.